The molecule has 0 spiro atoms. The van der Waals surface area contributed by atoms with Gasteiger partial charge >= 0.3 is 0 Å². The van der Waals surface area contributed by atoms with Crippen molar-refractivity contribution >= 4 is 15.9 Å². The van der Waals surface area contributed by atoms with E-state index in [1.165, 1.54) is 19.2 Å². The summed E-state index contributed by atoms with van der Waals surface area (Å²) in [6, 6.07) is 12.3. The highest BCUT2D eigenvalue weighted by molar-refractivity contribution is 7.89. The largest absolute Gasteiger partial charge is 0.496 e. The third-order valence-electron chi connectivity index (χ3n) is 5.99. The lowest BCUT2D eigenvalue weighted by Gasteiger charge is -2.30. The van der Waals surface area contributed by atoms with Gasteiger partial charge in [-0.3, -0.25) is 4.79 Å². The molecule has 2 aromatic carbocycles. The Labute approximate surface area is 203 Å². The Morgan fingerprint density at radius 1 is 1.15 bits per heavy atom. The average molecular weight is 489 g/mol. The minimum atomic E-state index is -3.76. The van der Waals surface area contributed by atoms with Crippen LogP contribution in [0.4, 0.5) is 0 Å². The maximum Gasteiger partial charge on any atom is 0.257 e. The van der Waals surface area contributed by atoms with Crippen LogP contribution in [0.2, 0.25) is 0 Å². The van der Waals surface area contributed by atoms with E-state index in [0.29, 0.717) is 31.2 Å². The summed E-state index contributed by atoms with van der Waals surface area (Å²) in [5.74, 6) is 1.59. The Balaban J connectivity index is 1.63. The highest BCUT2D eigenvalue weighted by atomic mass is 32.2. The first kappa shape index (κ1) is 26.0. The number of carbonyl (C=O) groups is 1. The molecule has 1 amide bonds. The van der Waals surface area contributed by atoms with Crippen molar-refractivity contribution in [2.24, 2.45) is 5.92 Å². The van der Waals surface area contributed by atoms with Crippen molar-refractivity contribution in [3.8, 4) is 11.5 Å². The quantitative estimate of drug-likeness (QED) is 0.505. The maximum atomic E-state index is 13.1. The van der Waals surface area contributed by atoms with Gasteiger partial charge in [-0.05, 0) is 81.3 Å². The van der Waals surface area contributed by atoms with E-state index in [1.54, 1.807) is 11.0 Å². The second-order valence-corrected chi connectivity index (χ2v) is 10.9. The summed E-state index contributed by atoms with van der Waals surface area (Å²) in [7, 11) is -2.28. The number of ether oxygens (including phenoxy) is 2. The molecule has 1 heterocycles. The molecule has 0 aliphatic carbocycles. The molecule has 1 saturated heterocycles. The minimum Gasteiger partial charge on any atom is -0.496 e. The van der Waals surface area contributed by atoms with E-state index in [0.717, 1.165) is 30.6 Å². The summed E-state index contributed by atoms with van der Waals surface area (Å²) in [4.78, 5) is 14.9. The number of hydrogen-bond acceptors (Lipinski definition) is 5. The summed E-state index contributed by atoms with van der Waals surface area (Å²) in [6.07, 6.45) is 3.34. The number of methoxy groups -OCH3 is 1. The summed E-state index contributed by atoms with van der Waals surface area (Å²) in [6.45, 7) is 7.76. The molecule has 0 radical (unpaired) electrons. The first-order chi connectivity index (χ1) is 16.2. The molecule has 186 valence electrons. The third-order valence-corrected chi connectivity index (χ3v) is 7.45. The molecular weight excluding hydrogens is 452 g/mol. The van der Waals surface area contributed by atoms with Crippen molar-refractivity contribution in [2.75, 3.05) is 26.7 Å². The van der Waals surface area contributed by atoms with Gasteiger partial charge in [-0.25, -0.2) is 13.1 Å². The number of benzene rings is 2. The molecule has 1 N–H and O–H groups in total. The fraction of sp³-hybridized carbons (Fsp3) is 0.500. The number of nitrogens with one attached hydrogen (secondary N) is 1. The van der Waals surface area contributed by atoms with Crippen LogP contribution in [0.3, 0.4) is 0 Å². The van der Waals surface area contributed by atoms with Crippen molar-refractivity contribution in [3.63, 3.8) is 0 Å². The third kappa shape index (κ3) is 6.96. The van der Waals surface area contributed by atoms with Crippen molar-refractivity contribution in [1.82, 2.24) is 9.62 Å². The molecule has 2 aromatic rings. The van der Waals surface area contributed by atoms with Gasteiger partial charge in [0, 0.05) is 19.6 Å². The van der Waals surface area contributed by atoms with Gasteiger partial charge in [0.25, 0.3) is 5.91 Å². The average Bonchev–Trinajstić information content (AvgIpc) is 2.81. The van der Waals surface area contributed by atoms with Crippen LogP contribution in [0.1, 0.15) is 56.0 Å². The molecule has 0 saturated carbocycles. The predicted octanol–water partition coefficient (Wildman–Crippen LogP) is 4.27. The molecule has 0 aromatic heterocycles. The lowest BCUT2D eigenvalue weighted by atomic mass is 9.98. The van der Waals surface area contributed by atoms with E-state index in [1.807, 2.05) is 38.1 Å². The van der Waals surface area contributed by atoms with E-state index in [4.69, 9.17) is 9.47 Å². The zero-order valence-corrected chi connectivity index (χ0v) is 21.4. The van der Waals surface area contributed by atoms with Crippen LogP contribution < -0.4 is 14.2 Å². The maximum absolute atomic E-state index is 13.1. The first-order valence-corrected chi connectivity index (χ1v) is 13.4. The summed E-state index contributed by atoms with van der Waals surface area (Å²) < 4.78 is 39.6. The zero-order valence-electron chi connectivity index (χ0n) is 20.5. The Morgan fingerprint density at radius 3 is 2.56 bits per heavy atom. The van der Waals surface area contributed by atoms with E-state index < -0.39 is 10.0 Å². The monoisotopic (exact) mass is 488 g/mol. The van der Waals surface area contributed by atoms with Crippen molar-refractivity contribution in [3.05, 3.63) is 53.6 Å². The number of amides is 1. The SMILES string of the molecule is COc1ccc(S(=O)(=O)NCCCc2cccc(OC(C)C)c2)cc1C(=O)N1CCC(C)CC1. The lowest BCUT2D eigenvalue weighted by Crippen LogP contribution is -2.38. The van der Waals surface area contributed by atoms with E-state index in [2.05, 4.69) is 11.6 Å². The van der Waals surface area contributed by atoms with Gasteiger partial charge in [-0.1, -0.05) is 19.1 Å². The molecule has 3 rings (SSSR count). The number of carbonyl (C=O) groups excluding carboxylic acids is 1. The van der Waals surface area contributed by atoms with Gasteiger partial charge in [-0.2, -0.15) is 0 Å². The van der Waals surface area contributed by atoms with Gasteiger partial charge < -0.3 is 14.4 Å². The molecule has 0 unspecified atom stereocenters. The molecule has 8 heteroatoms. The second kappa shape index (κ2) is 11.7. The second-order valence-electron chi connectivity index (χ2n) is 9.15. The molecule has 1 fully saturated rings. The van der Waals surface area contributed by atoms with E-state index in [9.17, 15) is 13.2 Å². The number of hydrogen-bond donors (Lipinski definition) is 1. The molecule has 0 bridgehead atoms. The number of piperidine rings is 1. The predicted molar refractivity (Wildman–Crippen MR) is 133 cm³/mol. The molecule has 1 aliphatic heterocycles. The van der Waals surface area contributed by atoms with Crippen LogP contribution in [0.15, 0.2) is 47.4 Å². The number of sulfonamides is 1. The molecule has 0 atom stereocenters. The van der Waals surface area contributed by atoms with Gasteiger partial charge in [0.1, 0.15) is 11.5 Å². The number of likely N-dealkylation sites (tertiary alicyclic amines) is 1. The van der Waals surface area contributed by atoms with E-state index in [-0.39, 0.29) is 29.0 Å². The number of aryl methyl sites for hydroxylation is 1. The first-order valence-electron chi connectivity index (χ1n) is 11.9. The van der Waals surface area contributed by atoms with Crippen LogP contribution in [-0.2, 0) is 16.4 Å². The van der Waals surface area contributed by atoms with E-state index >= 15 is 0 Å². The molecule has 34 heavy (non-hydrogen) atoms. The van der Waals surface area contributed by atoms with Crippen LogP contribution in [0.5, 0.6) is 11.5 Å². The summed E-state index contributed by atoms with van der Waals surface area (Å²) >= 11 is 0. The number of rotatable bonds is 10. The summed E-state index contributed by atoms with van der Waals surface area (Å²) in [5, 5.41) is 0. The van der Waals surface area contributed by atoms with Crippen molar-refractivity contribution in [2.45, 2.75) is 57.5 Å². The van der Waals surface area contributed by atoms with Gasteiger partial charge in [0.2, 0.25) is 10.0 Å². The molecular formula is C26H36N2O5S. The summed E-state index contributed by atoms with van der Waals surface area (Å²) in [5.41, 5.74) is 1.37. The molecule has 7 nitrogen and oxygen atoms in total. The normalized spacial score (nSPS) is 14.9. The fourth-order valence-corrected chi connectivity index (χ4v) is 5.13. The fourth-order valence-electron chi connectivity index (χ4n) is 4.03. The van der Waals surface area contributed by atoms with Crippen LogP contribution in [-0.4, -0.2) is 52.1 Å². The van der Waals surface area contributed by atoms with Crippen LogP contribution in [0, 0.1) is 5.92 Å². The zero-order chi connectivity index (χ0) is 24.7. The smallest absolute Gasteiger partial charge is 0.257 e. The minimum absolute atomic E-state index is 0.0642. The Morgan fingerprint density at radius 2 is 1.88 bits per heavy atom. The number of nitrogens with zero attached hydrogens (tertiary/aromatic N) is 1. The molecule has 1 aliphatic rings. The Kier molecular flexibility index (Phi) is 8.97. The standard InChI is InChI=1S/C26H36N2O5S/c1-19(2)33-22-9-5-7-21(17-22)8-6-14-27-34(30,31)23-10-11-25(32-4)24(18-23)26(29)28-15-12-20(3)13-16-28/h5,7,9-11,17-20,27H,6,8,12-16H2,1-4H3. The van der Waals surface area contributed by atoms with Crippen molar-refractivity contribution in [1.29, 1.82) is 0 Å². The van der Waals surface area contributed by atoms with Gasteiger partial charge in [-0.15, -0.1) is 0 Å². The topological polar surface area (TPSA) is 84.9 Å². The van der Waals surface area contributed by atoms with Gasteiger partial charge in [0.05, 0.1) is 23.7 Å². The van der Waals surface area contributed by atoms with Gasteiger partial charge in [0.15, 0.2) is 0 Å². The van der Waals surface area contributed by atoms with Crippen LogP contribution >= 0.6 is 0 Å². The Bertz CT molecular complexity index is 1080. The van der Waals surface area contributed by atoms with Crippen LogP contribution in [0.25, 0.3) is 0 Å². The van der Waals surface area contributed by atoms with Crippen molar-refractivity contribution < 1.29 is 22.7 Å². The Hall–Kier alpha value is -2.58. The lowest BCUT2D eigenvalue weighted by molar-refractivity contribution is 0.0693. The highest BCUT2D eigenvalue weighted by Gasteiger charge is 2.26. The highest BCUT2D eigenvalue weighted by Crippen LogP contribution is 2.26.